The maximum absolute atomic E-state index is 11.3. The van der Waals surface area contributed by atoms with Gasteiger partial charge in [-0.2, -0.15) is 0 Å². The molecule has 0 saturated carbocycles. The first-order valence-electron chi connectivity index (χ1n) is 6.26. The highest BCUT2D eigenvalue weighted by molar-refractivity contribution is 7.91. The van der Waals surface area contributed by atoms with Gasteiger partial charge in [0.15, 0.2) is 0 Å². The van der Waals surface area contributed by atoms with Gasteiger partial charge in [0.2, 0.25) is 0 Å². The smallest absolute Gasteiger partial charge is 0.150 e. The molecule has 2 rings (SSSR count). The minimum Gasteiger partial charge on any atom is -0.382 e. The summed E-state index contributed by atoms with van der Waals surface area (Å²) in [7, 11) is -2.79. The van der Waals surface area contributed by atoms with Crippen molar-refractivity contribution in [3.63, 3.8) is 0 Å². The first kappa shape index (κ1) is 13.1. The zero-order valence-electron chi connectivity index (χ0n) is 10.5. The Morgan fingerprint density at radius 1 is 1.39 bits per heavy atom. The van der Waals surface area contributed by atoms with Crippen LogP contribution in [-0.2, 0) is 9.84 Å². The lowest BCUT2D eigenvalue weighted by molar-refractivity contribution is 0.559. The Balaban J connectivity index is 1.95. The highest BCUT2D eigenvalue weighted by Crippen LogP contribution is 2.19. The lowest BCUT2D eigenvalue weighted by atomic mass is 10.1. The Bertz CT molecular complexity index is 488. The summed E-state index contributed by atoms with van der Waals surface area (Å²) < 4.78 is 22.7. The number of aromatic nitrogens is 1. The van der Waals surface area contributed by atoms with Crippen molar-refractivity contribution in [3.8, 4) is 0 Å². The van der Waals surface area contributed by atoms with Crippen LogP contribution in [-0.4, -0.2) is 37.5 Å². The third kappa shape index (κ3) is 3.60. The first-order chi connectivity index (χ1) is 8.59. The maximum atomic E-state index is 11.3. The van der Waals surface area contributed by atoms with Gasteiger partial charge in [-0.15, -0.1) is 0 Å². The van der Waals surface area contributed by atoms with E-state index in [1.54, 1.807) is 6.20 Å². The van der Waals surface area contributed by atoms with Gasteiger partial charge in [-0.1, -0.05) is 0 Å². The second-order valence-electron chi connectivity index (χ2n) is 4.53. The van der Waals surface area contributed by atoms with Crippen LogP contribution < -0.4 is 10.6 Å². The van der Waals surface area contributed by atoms with Crippen molar-refractivity contribution in [2.45, 2.75) is 25.8 Å². The number of anilines is 2. The average Bonchev–Trinajstić information content (AvgIpc) is 2.33. The van der Waals surface area contributed by atoms with Gasteiger partial charge in [-0.05, 0) is 25.8 Å². The van der Waals surface area contributed by atoms with Crippen molar-refractivity contribution in [1.29, 1.82) is 0 Å². The molecule has 100 valence electrons. The number of sulfone groups is 1. The molecule has 0 amide bonds. The van der Waals surface area contributed by atoms with Crippen LogP contribution in [0.25, 0.3) is 0 Å². The molecule has 1 aliphatic rings. The van der Waals surface area contributed by atoms with E-state index in [-0.39, 0.29) is 17.5 Å². The summed E-state index contributed by atoms with van der Waals surface area (Å²) in [5.74, 6) is 1.41. The molecule has 0 spiro atoms. The van der Waals surface area contributed by atoms with E-state index in [0.717, 1.165) is 18.1 Å². The summed E-state index contributed by atoms with van der Waals surface area (Å²) in [4.78, 5) is 4.20. The normalized spacial score (nSPS) is 19.4. The minimum atomic E-state index is -2.79. The molecule has 0 aliphatic carbocycles. The molecule has 6 heteroatoms. The quantitative estimate of drug-likeness (QED) is 0.867. The number of nitrogens with zero attached hydrogens (tertiary/aromatic N) is 1. The molecule has 1 fully saturated rings. The first-order valence-corrected chi connectivity index (χ1v) is 8.08. The van der Waals surface area contributed by atoms with Crippen molar-refractivity contribution in [3.05, 3.63) is 18.3 Å². The topological polar surface area (TPSA) is 71.1 Å². The van der Waals surface area contributed by atoms with E-state index in [2.05, 4.69) is 15.6 Å². The summed E-state index contributed by atoms with van der Waals surface area (Å²) in [5.41, 5.74) is 0.991. The SMILES string of the molecule is CCNc1cc(NC2CCS(=O)(=O)CC2)ccn1. The Morgan fingerprint density at radius 3 is 2.78 bits per heavy atom. The van der Waals surface area contributed by atoms with E-state index in [0.29, 0.717) is 12.8 Å². The van der Waals surface area contributed by atoms with Crippen molar-refractivity contribution in [2.24, 2.45) is 0 Å². The van der Waals surface area contributed by atoms with Crippen molar-refractivity contribution in [1.82, 2.24) is 4.98 Å². The molecule has 1 aliphatic heterocycles. The molecule has 1 saturated heterocycles. The third-order valence-electron chi connectivity index (χ3n) is 3.04. The molecule has 5 nitrogen and oxygen atoms in total. The number of nitrogens with one attached hydrogen (secondary N) is 2. The van der Waals surface area contributed by atoms with Gasteiger partial charge >= 0.3 is 0 Å². The summed E-state index contributed by atoms with van der Waals surface area (Å²) in [6.07, 6.45) is 3.11. The molecule has 18 heavy (non-hydrogen) atoms. The van der Waals surface area contributed by atoms with Crippen LogP contribution >= 0.6 is 0 Å². The van der Waals surface area contributed by atoms with Gasteiger partial charge in [0.1, 0.15) is 15.7 Å². The molecule has 2 N–H and O–H groups in total. The summed E-state index contributed by atoms with van der Waals surface area (Å²) in [6, 6.07) is 4.10. The van der Waals surface area contributed by atoms with Gasteiger partial charge in [0, 0.05) is 30.5 Å². The lowest BCUT2D eigenvalue weighted by Gasteiger charge is -2.24. The molecule has 0 radical (unpaired) electrons. The molecule has 2 heterocycles. The third-order valence-corrected chi connectivity index (χ3v) is 4.76. The zero-order chi connectivity index (χ0) is 13.0. The number of hydrogen-bond acceptors (Lipinski definition) is 5. The van der Waals surface area contributed by atoms with Gasteiger partial charge in [0.05, 0.1) is 11.5 Å². The standard InChI is InChI=1S/C12H19N3O2S/c1-2-13-12-9-11(3-6-14-12)15-10-4-7-18(16,17)8-5-10/h3,6,9-10H,2,4-5,7-8H2,1H3,(H2,13,14,15). The number of rotatable bonds is 4. The summed E-state index contributed by atoms with van der Waals surface area (Å²) in [6.45, 7) is 2.85. The van der Waals surface area contributed by atoms with Gasteiger partial charge in [0.25, 0.3) is 0 Å². The molecular formula is C12H19N3O2S. The van der Waals surface area contributed by atoms with E-state index in [1.165, 1.54) is 0 Å². The fourth-order valence-electron chi connectivity index (χ4n) is 2.07. The van der Waals surface area contributed by atoms with Gasteiger partial charge in [-0.3, -0.25) is 0 Å². The fourth-order valence-corrected chi connectivity index (χ4v) is 3.56. The molecule has 1 aromatic rings. The highest BCUT2D eigenvalue weighted by Gasteiger charge is 2.23. The predicted molar refractivity (Wildman–Crippen MR) is 73.7 cm³/mol. The number of hydrogen-bond donors (Lipinski definition) is 2. The van der Waals surface area contributed by atoms with Crippen molar-refractivity contribution in [2.75, 3.05) is 28.7 Å². The van der Waals surface area contributed by atoms with Crippen molar-refractivity contribution >= 4 is 21.3 Å². The molecule has 1 aromatic heterocycles. The monoisotopic (exact) mass is 269 g/mol. The van der Waals surface area contributed by atoms with E-state index in [9.17, 15) is 8.42 Å². The molecular weight excluding hydrogens is 250 g/mol. The Hall–Kier alpha value is -1.30. The zero-order valence-corrected chi connectivity index (χ0v) is 11.3. The molecule has 0 bridgehead atoms. The molecule has 0 atom stereocenters. The molecule has 0 unspecified atom stereocenters. The lowest BCUT2D eigenvalue weighted by Crippen LogP contribution is -2.32. The average molecular weight is 269 g/mol. The van der Waals surface area contributed by atoms with Crippen LogP contribution in [0.1, 0.15) is 19.8 Å². The van der Waals surface area contributed by atoms with Crippen LogP contribution in [0.4, 0.5) is 11.5 Å². The van der Waals surface area contributed by atoms with Gasteiger partial charge < -0.3 is 10.6 Å². The highest BCUT2D eigenvalue weighted by atomic mass is 32.2. The van der Waals surface area contributed by atoms with E-state index in [4.69, 9.17) is 0 Å². The summed E-state index contributed by atoms with van der Waals surface area (Å²) in [5, 5.41) is 6.52. The number of pyridine rings is 1. The van der Waals surface area contributed by atoms with Crippen molar-refractivity contribution < 1.29 is 8.42 Å². The van der Waals surface area contributed by atoms with Gasteiger partial charge in [-0.25, -0.2) is 13.4 Å². The van der Waals surface area contributed by atoms with E-state index in [1.807, 2.05) is 19.1 Å². The fraction of sp³-hybridized carbons (Fsp3) is 0.583. The maximum Gasteiger partial charge on any atom is 0.150 e. The predicted octanol–water partition coefficient (Wildman–Crippen LogP) is 1.50. The Kier molecular flexibility index (Phi) is 4.06. The molecule has 0 aromatic carbocycles. The minimum absolute atomic E-state index is 0.241. The van der Waals surface area contributed by atoms with Crippen LogP contribution in [0.3, 0.4) is 0 Å². The second kappa shape index (κ2) is 5.56. The largest absolute Gasteiger partial charge is 0.382 e. The Morgan fingerprint density at radius 2 is 2.11 bits per heavy atom. The Labute approximate surface area is 108 Å². The van der Waals surface area contributed by atoms with Crippen LogP contribution in [0, 0.1) is 0 Å². The van der Waals surface area contributed by atoms with Crippen LogP contribution in [0.2, 0.25) is 0 Å². The van der Waals surface area contributed by atoms with E-state index >= 15 is 0 Å². The van der Waals surface area contributed by atoms with Crippen LogP contribution in [0.5, 0.6) is 0 Å². The van der Waals surface area contributed by atoms with E-state index < -0.39 is 9.84 Å². The van der Waals surface area contributed by atoms with Crippen LogP contribution in [0.15, 0.2) is 18.3 Å². The summed E-state index contributed by atoms with van der Waals surface area (Å²) >= 11 is 0. The second-order valence-corrected chi connectivity index (χ2v) is 6.83.